The lowest BCUT2D eigenvalue weighted by Gasteiger charge is -2.16. The lowest BCUT2D eigenvalue weighted by molar-refractivity contribution is -0.139. The smallest absolute Gasteiger partial charge is 0.252 e. The molecule has 0 aromatic heterocycles. The molecule has 100 valence electrons. The number of nitrogens with zero attached hydrogens (tertiary/aromatic N) is 1. The largest absolute Gasteiger partial charge is 0.372 e. The lowest BCUT2D eigenvalue weighted by atomic mass is 10.2. The van der Waals surface area contributed by atoms with Gasteiger partial charge in [0, 0.05) is 6.04 Å². The van der Waals surface area contributed by atoms with Gasteiger partial charge in [0.15, 0.2) is 0 Å². The Kier molecular flexibility index (Phi) is 3.27. The first-order valence-electron chi connectivity index (χ1n) is 6.14. The fourth-order valence-corrected chi connectivity index (χ4v) is 2.84. The van der Waals surface area contributed by atoms with E-state index in [1.807, 2.05) is 6.07 Å². The highest BCUT2D eigenvalue weighted by molar-refractivity contribution is 9.10. The molecule has 1 atom stereocenters. The molecule has 4 nitrogen and oxygen atoms in total. The van der Waals surface area contributed by atoms with Crippen LogP contribution < -0.4 is 5.32 Å². The highest BCUT2D eigenvalue weighted by Gasteiger charge is 2.46. The molecule has 0 spiro atoms. The zero-order valence-electron chi connectivity index (χ0n) is 10.0. The molecule has 1 aliphatic heterocycles. The number of rotatable bonds is 3. The molecule has 1 unspecified atom stereocenters. The minimum atomic E-state index is -0.483. The standard InChI is InChI=1S/C13H12BrClN2O2/c14-12-8(15)2-1-3-9(12)16-10-6-11(18)17(13(10)19)7-4-5-7/h1-3,7,10,16H,4-6H2. The molecular formula is C13H12BrClN2O2. The van der Waals surface area contributed by atoms with Crippen LogP contribution in [0.15, 0.2) is 22.7 Å². The number of benzene rings is 1. The van der Waals surface area contributed by atoms with Crippen LogP contribution in [0.5, 0.6) is 0 Å². The van der Waals surface area contributed by atoms with Crippen LogP contribution in [0.3, 0.4) is 0 Å². The van der Waals surface area contributed by atoms with Crippen molar-refractivity contribution in [3.63, 3.8) is 0 Å². The normalized spacial score (nSPS) is 23.1. The molecule has 3 rings (SSSR count). The van der Waals surface area contributed by atoms with E-state index < -0.39 is 6.04 Å². The van der Waals surface area contributed by atoms with Crippen molar-refractivity contribution in [3.05, 3.63) is 27.7 Å². The molecule has 6 heteroatoms. The van der Waals surface area contributed by atoms with Crippen molar-refractivity contribution in [2.75, 3.05) is 5.32 Å². The van der Waals surface area contributed by atoms with Crippen LogP contribution in [0.4, 0.5) is 5.69 Å². The van der Waals surface area contributed by atoms with Gasteiger partial charge in [-0.3, -0.25) is 14.5 Å². The Hall–Kier alpha value is -1.07. The van der Waals surface area contributed by atoms with E-state index in [-0.39, 0.29) is 24.3 Å². The fraction of sp³-hybridized carbons (Fsp3) is 0.385. The number of hydrogen-bond donors (Lipinski definition) is 1. The zero-order chi connectivity index (χ0) is 13.6. The Balaban J connectivity index is 1.79. The first kappa shape index (κ1) is 12.9. The van der Waals surface area contributed by atoms with Crippen LogP contribution in [-0.4, -0.2) is 28.8 Å². The van der Waals surface area contributed by atoms with E-state index >= 15 is 0 Å². The molecule has 0 bridgehead atoms. The monoisotopic (exact) mass is 342 g/mol. The summed E-state index contributed by atoms with van der Waals surface area (Å²) in [4.78, 5) is 25.5. The molecule has 1 aromatic rings. The van der Waals surface area contributed by atoms with Crippen LogP contribution in [-0.2, 0) is 9.59 Å². The third kappa shape index (κ3) is 2.37. The Labute approximate surface area is 124 Å². The van der Waals surface area contributed by atoms with E-state index in [2.05, 4.69) is 21.2 Å². The highest BCUT2D eigenvalue weighted by atomic mass is 79.9. The number of nitrogens with one attached hydrogen (secondary N) is 1. The number of hydrogen-bond acceptors (Lipinski definition) is 3. The lowest BCUT2D eigenvalue weighted by Crippen LogP contribution is -2.36. The molecular weight excluding hydrogens is 332 g/mol. The fourth-order valence-electron chi connectivity index (χ4n) is 2.28. The van der Waals surface area contributed by atoms with Gasteiger partial charge in [0.05, 0.1) is 21.6 Å². The van der Waals surface area contributed by atoms with Crippen molar-refractivity contribution in [2.24, 2.45) is 0 Å². The van der Waals surface area contributed by atoms with Crippen LogP contribution in [0.2, 0.25) is 5.02 Å². The number of likely N-dealkylation sites (tertiary alicyclic amines) is 1. The third-order valence-corrected chi connectivity index (χ3v) is 4.77. The van der Waals surface area contributed by atoms with E-state index in [0.717, 1.165) is 18.5 Å². The maximum atomic E-state index is 12.2. The number of carbonyl (C=O) groups is 2. The SMILES string of the molecule is O=C1CC(Nc2cccc(Cl)c2Br)C(=O)N1C1CC1. The minimum absolute atomic E-state index is 0.0804. The summed E-state index contributed by atoms with van der Waals surface area (Å²) in [5, 5.41) is 3.67. The van der Waals surface area contributed by atoms with E-state index in [9.17, 15) is 9.59 Å². The van der Waals surface area contributed by atoms with E-state index in [0.29, 0.717) is 9.50 Å². The Morgan fingerprint density at radius 2 is 2.05 bits per heavy atom. The number of anilines is 1. The van der Waals surface area contributed by atoms with Gasteiger partial charge in [-0.25, -0.2) is 0 Å². The summed E-state index contributed by atoms with van der Waals surface area (Å²) in [5.74, 6) is -0.206. The minimum Gasteiger partial charge on any atom is -0.372 e. The zero-order valence-corrected chi connectivity index (χ0v) is 12.4. The third-order valence-electron chi connectivity index (χ3n) is 3.38. The Bertz CT molecular complexity index is 560. The summed E-state index contributed by atoms with van der Waals surface area (Å²) >= 11 is 9.38. The van der Waals surface area contributed by atoms with Gasteiger partial charge >= 0.3 is 0 Å². The van der Waals surface area contributed by atoms with Crippen molar-refractivity contribution in [2.45, 2.75) is 31.3 Å². The van der Waals surface area contributed by atoms with Crippen LogP contribution >= 0.6 is 27.5 Å². The molecule has 1 heterocycles. The van der Waals surface area contributed by atoms with Gasteiger partial charge in [-0.1, -0.05) is 17.7 Å². The van der Waals surface area contributed by atoms with Gasteiger partial charge in [-0.05, 0) is 40.9 Å². The number of amides is 2. The Morgan fingerprint density at radius 1 is 1.32 bits per heavy atom. The maximum Gasteiger partial charge on any atom is 0.252 e. The topological polar surface area (TPSA) is 49.4 Å². The molecule has 1 saturated heterocycles. The number of halogens is 2. The van der Waals surface area contributed by atoms with Crippen molar-refractivity contribution < 1.29 is 9.59 Å². The highest BCUT2D eigenvalue weighted by Crippen LogP contribution is 2.34. The van der Waals surface area contributed by atoms with Gasteiger partial charge < -0.3 is 5.32 Å². The van der Waals surface area contributed by atoms with Gasteiger partial charge in [0.1, 0.15) is 6.04 Å². The average molecular weight is 344 g/mol. The summed E-state index contributed by atoms with van der Waals surface area (Å²) < 4.78 is 0.710. The van der Waals surface area contributed by atoms with Crippen LogP contribution in [0.25, 0.3) is 0 Å². The molecule has 0 radical (unpaired) electrons. The molecule has 2 amide bonds. The summed E-state index contributed by atoms with van der Waals surface area (Å²) in [7, 11) is 0. The van der Waals surface area contributed by atoms with Gasteiger partial charge in [-0.2, -0.15) is 0 Å². The van der Waals surface area contributed by atoms with Crippen molar-refractivity contribution in [1.82, 2.24) is 4.90 Å². The van der Waals surface area contributed by atoms with Gasteiger partial charge in [0.2, 0.25) is 5.91 Å². The van der Waals surface area contributed by atoms with E-state index in [4.69, 9.17) is 11.6 Å². The van der Waals surface area contributed by atoms with Gasteiger partial charge in [-0.15, -0.1) is 0 Å². The molecule has 2 fully saturated rings. The van der Waals surface area contributed by atoms with Crippen LogP contribution in [0, 0.1) is 0 Å². The van der Waals surface area contributed by atoms with Crippen molar-refractivity contribution >= 4 is 45.0 Å². The first-order valence-corrected chi connectivity index (χ1v) is 7.31. The molecule has 19 heavy (non-hydrogen) atoms. The molecule has 1 aliphatic carbocycles. The van der Waals surface area contributed by atoms with E-state index in [1.165, 1.54) is 4.90 Å². The first-order chi connectivity index (χ1) is 9.08. The molecule has 2 aliphatic rings. The second-order valence-electron chi connectivity index (χ2n) is 4.84. The number of carbonyl (C=O) groups excluding carboxylic acids is 2. The number of imide groups is 1. The molecule has 1 aromatic carbocycles. The predicted molar refractivity (Wildman–Crippen MR) is 76.1 cm³/mol. The summed E-state index contributed by atoms with van der Waals surface area (Å²) in [6.45, 7) is 0. The van der Waals surface area contributed by atoms with Crippen molar-refractivity contribution in [1.29, 1.82) is 0 Å². The second-order valence-corrected chi connectivity index (χ2v) is 6.04. The summed E-state index contributed by atoms with van der Waals surface area (Å²) in [6.07, 6.45) is 2.09. The summed E-state index contributed by atoms with van der Waals surface area (Å²) in [5.41, 5.74) is 0.733. The molecule has 1 saturated carbocycles. The van der Waals surface area contributed by atoms with Gasteiger partial charge in [0.25, 0.3) is 5.91 Å². The quantitative estimate of drug-likeness (QED) is 0.859. The molecule has 1 N–H and O–H groups in total. The second kappa shape index (κ2) is 4.80. The Morgan fingerprint density at radius 3 is 2.74 bits per heavy atom. The van der Waals surface area contributed by atoms with Crippen LogP contribution in [0.1, 0.15) is 19.3 Å². The maximum absolute atomic E-state index is 12.2. The average Bonchev–Trinajstić information content (AvgIpc) is 3.14. The predicted octanol–water partition coefficient (Wildman–Crippen LogP) is 2.80. The van der Waals surface area contributed by atoms with E-state index in [1.54, 1.807) is 12.1 Å². The summed E-state index contributed by atoms with van der Waals surface area (Å²) in [6, 6.07) is 5.04. The van der Waals surface area contributed by atoms with Crippen molar-refractivity contribution in [3.8, 4) is 0 Å².